The van der Waals surface area contributed by atoms with E-state index in [4.69, 9.17) is 16.3 Å². The van der Waals surface area contributed by atoms with E-state index < -0.39 is 0 Å². The smallest absolute Gasteiger partial charge is 0.129 e. The minimum atomic E-state index is 0.317. The third-order valence-corrected chi connectivity index (χ3v) is 4.22. The van der Waals surface area contributed by atoms with Crippen molar-refractivity contribution in [1.29, 1.82) is 0 Å². The lowest BCUT2D eigenvalue weighted by molar-refractivity contribution is -0.111. The molecule has 17 heavy (non-hydrogen) atoms. The van der Waals surface area contributed by atoms with Gasteiger partial charge in [0, 0.05) is 24.8 Å². The Morgan fingerprint density at radius 1 is 1.41 bits per heavy atom. The van der Waals surface area contributed by atoms with E-state index in [-0.39, 0.29) is 0 Å². The molecule has 0 radical (unpaired) electrons. The predicted octanol–water partition coefficient (Wildman–Crippen LogP) is 2.49. The highest BCUT2D eigenvalue weighted by atomic mass is 35.5. The molecule has 1 saturated carbocycles. The SMILES string of the molecule is Clc1ccc(CN2CCOCC23CCC3)cn1. The Labute approximate surface area is 107 Å². The minimum Gasteiger partial charge on any atom is -0.378 e. The van der Waals surface area contributed by atoms with Gasteiger partial charge in [-0.25, -0.2) is 4.98 Å². The van der Waals surface area contributed by atoms with Gasteiger partial charge < -0.3 is 4.74 Å². The summed E-state index contributed by atoms with van der Waals surface area (Å²) in [6.07, 6.45) is 5.75. The quantitative estimate of drug-likeness (QED) is 0.757. The normalized spacial score (nSPS) is 23.6. The van der Waals surface area contributed by atoms with Crippen molar-refractivity contribution in [3.63, 3.8) is 0 Å². The summed E-state index contributed by atoms with van der Waals surface area (Å²) in [5.41, 5.74) is 1.56. The maximum atomic E-state index is 5.80. The van der Waals surface area contributed by atoms with E-state index in [1.54, 1.807) is 0 Å². The molecule has 2 aliphatic rings. The Bertz CT molecular complexity index is 389. The molecule has 1 aliphatic carbocycles. The molecular weight excluding hydrogens is 236 g/mol. The number of hydrogen-bond donors (Lipinski definition) is 0. The Hall–Kier alpha value is -0.640. The van der Waals surface area contributed by atoms with E-state index in [1.807, 2.05) is 12.3 Å². The van der Waals surface area contributed by atoms with Gasteiger partial charge in [0.25, 0.3) is 0 Å². The minimum absolute atomic E-state index is 0.317. The second-order valence-electron chi connectivity index (χ2n) is 5.04. The lowest BCUT2D eigenvalue weighted by Gasteiger charge is -2.52. The van der Waals surface area contributed by atoms with Crippen LogP contribution in [0.4, 0.5) is 0 Å². The van der Waals surface area contributed by atoms with Crippen LogP contribution in [0.25, 0.3) is 0 Å². The molecular formula is C13H17ClN2O. The molecule has 1 aromatic heterocycles. The van der Waals surface area contributed by atoms with Gasteiger partial charge in [0.2, 0.25) is 0 Å². The van der Waals surface area contributed by atoms with Crippen molar-refractivity contribution in [2.24, 2.45) is 0 Å². The standard InChI is InChI=1S/C13H17ClN2O/c14-12-3-2-11(8-15-12)9-16-6-7-17-10-13(16)4-1-5-13/h2-3,8H,1,4-7,9-10H2. The van der Waals surface area contributed by atoms with Crippen LogP contribution in [0.1, 0.15) is 24.8 Å². The zero-order valence-electron chi connectivity index (χ0n) is 9.86. The molecule has 1 spiro atoms. The van der Waals surface area contributed by atoms with Gasteiger partial charge in [-0.05, 0) is 30.9 Å². The number of aromatic nitrogens is 1. The zero-order valence-corrected chi connectivity index (χ0v) is 10.6. The summed E-state index contributed by atoms with van der Waals surface area (Å²) < 4.78 is 5.64. The number of ether oxygens (including phenoxy) is 1. The van der Waals surface area contributed by atoms with Crippen molar-refractivity contribution in [3.8, 4) is 0 Å². The van der Waals surface area contributed by atoms with Crippen LogP contribution in [0, 0.1) is 0 Å². The van der Waals surface area contributed by atoms with Gasteiger partial charge in [-0.15, -0.1) is 0 Å². The molecule has 1 saturated heterocycles. The number of nitrogens with zero attached hydrogens (tertiary/aromatic N) is 2. The van der Waals surface area contributed by atoms with Gasteiger partial charge in [0.05, 0.1) is 13.2 Å². The van der Waals surface area contributed by atoms with Crippen LogP contribution < -0.4 is 0 Å². The topological polar surface area (TPSA) is 25.4 Å². The lowest BCUT2D eigenvalue weighted by atomic mass is 9.75. The fraction of sp³-hybridized carbons (Fsp3) is 0.615. The van der Waals surface area contributed by atoms with Crippen LogP contribution >= 0.6 is 11.6 Å². The number of halogens is 1. The highest BCUT2D eigenvalue weighted by molar-refractivity contribution is 6.29. The molecule has 1 aliphatic heterocycles. The van der Waals surface area contributed by atoms with Crippen molar-refractivity contribution in [3.05, 3.63) is 29.0 Å². The van der Waals surface area contributed by atoms with Gasteiger partial charge in [0.15, 0.2) is 0 Å². The average molecular weight is 253 g/mol. The lowest BCUT2D eigenvalue weighted by Crippen LogP contribution is -2.60. The number of morpholine rings is 1. The number of rotatable bonds is 2. The van der Waals surface area contributed by atoms with Gasteiger partial charge in [0.1, 0.15) is 5.15 Å². The summed E-state index contributed by atoms with van der Waals surface area (Å²) in [6, 6.07) is 3.93. The Morgan fingerprint density at radius 2 is 2.29 bits per heavy atom. The third kappa shape index (κ3) is 2.19. The first-order chi connectivity index (χ1) is 8.28. The van der Waals surface area contributed by atoms with Gasteiger partial charge in [-0.2, -0.15) is 0 Å². The molecule has 0 aromatic carbocycles. The van der Waals surface area contributed by atoms with Crippen LogP contribution in [-0.4, -0.2) is 35.2 Å². The fourth-order valence-corrected chi connectivity index (χ4v) is 2.89. The van der Waals surface area contributed by atoms with Crippen LogP contribution in [-0.2, 0) is 11.3 Å². The maximum Gasteiger partial charge on any atom is 0.129 e. The largest absolute Gasteiger partial charge is 0.378 e. The van der Waals surface area contributed by atoms with Crippen molar-refractivity contribution < 1.29 is 4.74 Å². The molecule has 3 nitrogen and oxygen atoms in total. The average Bonchev–Trinajstić information content (AvgIpc) is 2.31. The molecule has 2 fully saturated rings. The van der Waals surface area contributed by atoms with Crippen molar-refractivity contribution >= 4 is 11.6 Å². The van der Waals surface area contributed by atoms with Crippen molar-refractivity contribution in [2.75, 3.05) is 19.8 Å². The summed E-state index contributed by atoms with van der Waals surface area (Å²) in [5.74, 6) is 0. The maximum absolute atomic E-state index is 5.80. The van der Waals surface area contributed by atoms with Crippen molar-refractivity contribution in [1.82, 2.24) is 9.88 Å². The summed E-state index contributed by atoms with van der Waals surface area (Å²) in [6.45, 7) is 3.74. The molecule has 92 valence electrons. The van der Waals surface area contributed by atoms with E-state index in [0.29, 0.717) is 10.7 Å². The summed E-state index contributed by atoms with van der Waals surface area (Å²) in [7, 11) is 0. The van der Waals surface area contributed by atoms with Crippen molar-refractivity contribution in [2.45, 2.75) is 31.3 Å². The highest BCUT2D eigenvalue weighted by Crippen LogP contribution is 2.40. The summed E-state index contributed by atoms with van der Waals surface area (Å²) in [5, 5.41) is 0.564. The van der Waals surface area contributed by atoms with Gasteiger partial charge in [-0.1, -0.05) is 17.7 Å². The van der Waals surface area contributed by atoms with Gasteiger partial charge >= 0.3 is 0 Å². The third-order valence-electron chi connectivity index (χ3n) is 3.99. The van der Waals surface area contributed by atoms with E-state index in [0.717, 1.165) is 26.3 Å². The van der Waals surface area contributed by atoms with Crippen LogP contribution in [0.3, 0.4) is 0 Å². The molecule has 2 heterocycles. The Balaban J connectivity index is 1.72. The second kappa shape index (κ2) is 4.56. The molecule has 0 N–H and O–H groups in total. The van der Waals surface area contributed by atoms with Crippen LogP contribution in [0.5, 0.6) is 0 Å². The van der Waals surface area contributed by atoms with Crippen LogP contribution in [0.15, 0.2) is 18.3 Å². The second-order valence-corrected chi connectivity index (χ2v) is 5.43. The van der Waals surface area contributed by atoms with Crippen LogP contribution in [0.2, 0.25) is 5.15 Å². The summed E-state index contributed by atoms with van der Waals surface area (Å²) in [4.78, 5) is 6.70. The molecule has 0 unspecified atom stereocenters. The van der Waals surface area contributed by atoms with Gasteiger partial charge in [-0.3, -0.25) is 4.90 Å². The molecule has 3 rings (SSSR count). The number of pyridine rings is 1. The molecule has 0 atom stereocenters. The molecule has 1 aromatic rings. The predicted molar refractivity (Wildman–Crippen MR) is 67.1 cm³/mol. The first-order valence-electron chi connectivity index (χ1n) is 6.22. The Morgan fingerprint density at radius 3 is 2.94 bits per heavy atom. The first kappa shape index (κ1) is 11.5. The van der Waals surface area contributed by atoms with E-state index >= 15 is 0 Å². The number of hydrogen-bond acceptors (Lipinski definition) is 3. The monoisotopic (exact) mass is 252 g/mol. The highest BCUT2D eigenvalue weighted by Gasteiger charge is 2.44. The van der Waals surface area contributed by atoms with E-state index in [1.165, 1.54) is 24.8 Å². The zero-order chi connectivity index (χ0) is 11.7. The molecule has 0 bridgehead atoms. The Kier molecular flexibility index (Phi) is 3.07. The molecule has 0 amide bonds. The van der Waals surface area contributed by atoms with E-state index in [2.05, 4.69) is 16.0 Å². The fourth-order valence-electron chi connectivity index (χ4n) is 2.78. The molecule has 4 heteroatoms. The van der Waals surface area contributed by atoms with E-state index in [9.17, 15) is 0 Å². The summed E-state index contributed by atoms with van der Waals surface area (Å²) >= 11 is 5.80. The first-order valence-corrected chi connectivity index (χ1v) is 6.60.